The molecule has 0 aromatic rings. The Labute approximate surface area is 119 Å². The van der Waals surface area contributed by atoms with Crippen LogP contribution in [0.3, 0.4) is 0 Å². The smallest absolute Gasteiger partial charge is 0.0546 e. The van der Waals surface area contributed by atoms with Crippen molar-refractivity contribution in [2.45, 2.75) is 39.5 Å². The maximum atomic E-state index is 5.80. The Bertz CT molecular complexity index is 257. The van der Waals surface area contributed by atoms with Gasteiger partial charge in [0.05, 0.1) is 6.61 Å². The number of nitrogens with one attached hydrogen (secondary N) is 1. The molecule has 3 nitrogen and oxygen atoms in total. The average molecular weight is 268 g/mol. The van der Waals surface area contributed by atoms with Crippen molar-refractivity contribution in [1.29, 1.82) is 0 Å². The maximum absolute atomic E-state index is 5.80. The van der Waals surface area contributed by atoms with Gasteiger partial charge in [-0.2, -0.15) is 0 Å². The zero-order valence-corrected chi connectivity index (χ0v) is 13.1. The summed E-state index contributed by atoms with van der Waals surface area (Å²) in [6.45, 7) is 11.1. The molecular weight excluding hydrogens is 236 g/mol. The maximum Gasteiger partial charge on any atom is 0.0546 e. The fourth-order valence-electron chi connectivity index (χ4n) is 3.23. The monoisotopic (exact) mass is 268 g/mol. The molecule has 2 fully saturated rings. The van der Waals surface area contributed by atoms with Gasteiger partial charge in [0, 0.05) is 31.7 Å². The van der Waals surface area contributed by atoms with Crippen molar-refractivity contribution in [2.24, 2.45) is 17.3 Å². The van der Waals surface area contributed by atoms with Gasteiger partial charge in [-0.3, -0.25) is 0 Å². The van der Waals surface area contributed by atoms with Crippen molar-refractivity contribution in [3.63, 3.8) is 0 Å². The minimum absolute atomic E-state index is 0.344. The quantitative estimate of drug-likeness (QED) is 0.731. The van der Waals surface area contributed by atoms with E-state index in [9.17, 15) is 0 Å². The van der Waals surface area contributed by atoms with Crippen molar-refractivity contribution in [3.05, 3.63) is 0 Å². The third-order valence-electron chi connectivity index (χ3n) is 4.33. The Morgan fingerprint density at radius 2 is 2.16 bits per heavy atom. The Hall–Kier alpha value is -0.120. The molecule has 19 heavy (non-hydrogen) atoms. The molecule has 0 bridgehead atoms. The van der Waals surface area contributed by atoms with E-state index in [4.69, 9.17) is 4.74 Å². The Morgan fingerprint density at radius 1 is 1.37 bits per heavy atom. The summed E-state index contributed by atoms with van der Waals surface area (Å²) in [7, 11) is 2.29. The van der Waals surface area contributed by atoms with Gasteiger partial charge in [-0.1, -0.05) is 13.8 Å². The molecule has 3 heteroatoms. The lowest BCUT2D eigenvalue weighted by Crippen LogP contribution is -2.49. The fraction of sp³-hybridized carbons (Fsp3) is 1.00. The highest BCUT2D eigenvalue weighted by molar-refractivity contribution is 4.88. The summed E-state index contributed by atoms with van der Waals surface area (Å²) in [6.07, 6.45) is 5.42. The summed E-state index contributed by atoms with van der Waals surface area (Å²) in [5.74, 6) is 1.71. The van der Waals surface area contributed by atoms with Gasteiger partial charge in [-0.15, -0.1) is 0 Å². The highest BCUT2D eigenvalue weighted by Crippen LogP contribution is 2.32. The Kier molecular flexibility index (Phi) is 5.67. The van der Waals surface area contributed by atoms with Crippen LogP contribution in [0.15, 0.2) is 0 Å². The molecule has 1 N–H and O–H groups in total. The number of rotatable bonds is 8. The van der Waals surface area contributed by atoms with Crippen molar-refractivity contribution in [1.82, 2.24) is 10.2 Å². The molecule has 1 unspecified atom stereocenters. The second-order valence-electron chi connectivity index (χ2n) is 7.32. The molecule has 0 radical (unpaired) electrons. The number of hydrogen-bond acceptors (Lipinski definition) is 3. The van der Waals surface area contributed by atoms with Crippen LogP contribution in [-0.4, -0.2) is 51.3 Å². The van der Waals surface area contributed by atoms with E-state index in [-0.39, 0.29) is 0 Å². The summed E-state index contributed by atoms with van der Waals surface area (Å²) >= 11 is 0. The van der Waals surface area contributed by atoms with Crippen LogP contribution in [0.5, 0.6) is 0 Å². The van der Waals surface area contributed by atoms with E-state index in [1.54, 1.807) is 0 Å². The van der Waals surface area contributed by atoms with Gasteiger partial charge in [-0.05, 0) is 51.1 Å². The second-order valence-corrected chi connectivity index (χ2v) is 7.32. The molecule has 1 atom stereocenters. The van der Waals surface area contributed by atoms with Gasteiger partial charge in [-0.25, -0.2) is 0 Å². The van der Waals surface area contributed by atoms with Crippen LogP contribution in [0.1, 0.15) is 39.5 Å². The summed E-state index contributed by atoms with van der Waals surface area (Å²) < 4.78 is 5.80. The van der Waals surface area contributed by atoms with Crippen molar-refractivity contribution in [2.75, 3.05) is 46.4 Å². The normalized spacial score (nSPS) is 28.3. The first-order valence-corrected chi connectivity index (χ1v) is 8.07. The van der Waals surface area contributed by atoms with Crippen LogP contribution in [0.25, 0.3) is 0 Å². The SMILES string of the molecule is CC(C)CNCC1(CN(C)CC2CC2)CCCOC1. The van der Waals surface area contributed by atoms with Crippen molar-refractivity contribution in [3.8, 4) is 0 Å². The zero-order valence-electron chi connectivity index (χ0n) is 13.1. The minimum atomic E-state index is 0.344. The first-order chi connectivity index (χ1) is 9.10. The zero-order chi connectivity index (χ0) is 13.7. The van der Waals surface area contributed by atoms with Gasteiger partial charge in [0.15, 0.2) is 0 Å². The van der Waals surface area contributed by atoms with Crippen LogP contribution in [0.4, 0.5) is 0 Å². The lowest BCUT2D eigenvalue weighted by molar-refractivity contribution is -0.0233. The lowest BCUT2D eigenvalue weighted by Gasteiger charge is -2.40. The molecule has 2 aliphatic rings. The molecule has 1 saturated carbocycles. The summed E-state index contributed by atoms with van der Waals surface area (Å²) in [5.41, 5.74) is 0.344. The standard InChI is InChI=1S/C16H32N2O/c1-14(2)9-17-11-16(7-4-8-19-13-16)12-18(3)10-15-5-6-15/h14-15,17H,4-13H2,1-3H3. The second kappa shape index (κ2) is 7.05. The topological polar surface area (TPSA) is 24.5 Å². The molecule has 112 valence electrons. The molecule has 0 amide bonds. The van der Waals surface area contributed by atoms with E-state index >= 15 is 0 Å². The first kappa shape index (κ1) is 15.3. The van der Waals surface area contributed by atoms with Gasteiger partial charge in [0.25, 0.3) is 0 Å². The molecule has 0 aromatic carbocycles. The van der Waals surface area contributed by atoms with E-state index in [0.717, 1.165) is 38.1 Å². The Morgan fingerprint density at radius 3 is 2.74 bits per heavy atom. The van der Waals surface area contributed by atoms with Gasteiger partial charge < -0.3 is 15.0 Å². The summed E-state index contributed by atoms with van der Waals surface area (Å²) in [6, 6.07) is 0. The summed E-state index contributed by atoms with van der Waals surface area (Å²) in [4.78, 5) is 2.55. The predicted molar refractivity (Wildman–Crippen MR) is 80.4 cm³/mol. The third kappa shape index (κ3) is 5.41. The van der Waals surface area contributed by atoms with E-state index in [2.05, 4.69) is 31.1 Å². The van der Waals surface area contributed by atoms with Crippen LogP contribution >= 0.6 is 0 Å². The Balaban J connectivity index is 1.81. The van der Waals surface area contributed by atoms with E-state index in [1.807, 2.05) is 0 Å². The molecule has 0 spiro atoms. The van der Waals surface area contributed by atoms with Crippen LogP contribution < -0.4 is 5.32 Å². The summed E-state index contributed by atoms with van der Waals surface area (Å²) in [5, 5.41) is 3.66. The molecule has 0 aromatic heterocycles. The van der Waals surface area contributed by atoms with Crippen LogP contribution in [0, 0.1) is 17.3 Å². The molecule has 1 aliphatic carbocycles. The van der Waals surface area contributed by atoms with Gasteiger partial charge in [0.2, 0.25) is 0 Å². The van der Waals surface area contributed by atoms with Gasteiger partial charge >= 0.3 is 0 Å². The molecule has 1 saturated heterocycles. The van der Waals surface area contributed by atoms with E-state index in [1.165, 1.54) is 38.8 Å². The van der Waals surface area contributed by atoms with Crippen molar-refractivity contribution < 1.29 is 4.74 Å². The van der Waals surface area contributed by atoms with Crippen LogP contribution in [0.2, 0.25) is 0 Å². The van der Waals surface area contributed by atoms with E-state index in [0.29, 0.717) is 5.41 Å². The first-order valence-electron chi connectivity index (χ1n) is 8.07. The highest BCUT2D eigenvalue weighted by Gasteiger charge is 2.35. The number of hydrogen-bond donors (Lipinski definition) is 1. The number of nitrogens with zero attached hydrogens (tertiary/aromatic N) is 1. The predicted octanol–water partition coefficient (Wildman–Crippen LogP) is 2.37. The molecule has 2 rings (SSSR count). The van der Waals surface area contributed by atoms with E-state index < -0.39 is 0 Å². The molecule has 1 aliphatic heterocycles. The highest BCUT2D eigenvalue weighted by atomic mass is 16.5. The fourth-order valence-corrected chi connectivity index (χ4v) is 3.23. The molecular formula is C16H32N2O. The third-order valence-corrected chi connectivity index (χ3v) is 4.33. The average Bonchev–Trinajstić information content (AvgIpc) is 3.13. The largest absolute Gasteiger partial charge is 0.381 e. The van der Waals surface area contributed by atoms with Gasteiger partial charge in [0.1, 0.15) is 0 Å². The lowest BCUT2D eigenvalue weighted by atomic mass is 9.81. The number of ether oxygens (including phenoxy) is 1. The van der Waals surface area contributed by atoms with Crippen LogP contribution in [-0.2, 0) is 4.74 Å². The molecule has 1 heterocycles. The minimum Gasteiger partial charge on any atom is -0.381 e. The van der Waals surface area contributed by atoms with Crippen molar-refractivity contribution >= 4 is 0 Å².